The maximum atomic E-state index is 11.9. The monoisotopic (exact) mass is 211 g/mol. The summed E-state index contributed by atoms with van der Waals surface area (Å²) < 4.78 is 5.58. The summed E-state index contributed by atoms with van der Waals surface area (Å²) in [6.45, 7) is -0.0305. The molecular formula is C10H13NO4. The average Bonchev–Trinajstić information content (AvgIpc) is 2.87. The van der Waals surface area contributed by atoms with Crippen molar-refractivity contribution in [2.75, 3.05) is 13.2 Å². The van der Waals surface area contributed by atoms with Crippen LogP contribution in [0.5, 0.6) is 0 Å². The van der Waals surface area contributed by atoms with Crippen LogP contribution in [-0.2, 0) is 14.3 Å². The number of carbonyl (C=O) groups is 2. The molecule has 0 aromatic heterocycles. The summed E-state index contributed by atoms with van der Waals surface area (Å²) in [5.74, 6) is -0.817. The number of carbonyl (C=O) groups excluding carboxylic acids is 2. The number of aliphatic hydroxyl groups is 1. The fraction of sp³-hybridized carbons (Fsp3) is 0.800. The molecule has 3 rings (SSSR count). The zero-order valence-corrected chi connectivity index (χ0v) is 8.26. The first kappa shape index (κ1) is 9.30. The Kier molecular flexibility index (Phi) is 1.87. The number of likely N-dealkylation sites (tertiary alicyclic amines) is 1. The Morgan fingerprint density at radius 3 is 2.20 bits per heavy atom. The lowest BCUT2D eigenvalue weighted by Gasteiger charge is -2.15. The Bertz CT molecular complexity index is 301. The highest BCUT2D eigenvalue weighted by atomic mass is 16.5. The van der Waals surface area contributed by atoms with Crippen LogP contribution in [0.1, 0.15) is 12.8 Å². The third-order valence-electron chi connectivity index (χ3n) is 3.70. The Morgan fingerprint density at radius 1 is 1.20 bits per heavy atom. The molecule has 4 atom stereocenters. The third-order valence-corrected chi connectivity index (χ3v) is 3.70. The van der Waals surface area contributed by atoms with Crippen molar-refractivity contribution in [1.29, 1.82) is 0 Å². The number of nitrogens with zero attached hydrogens (tertiary/aromatic N) is 1. The quantitative estimate of drug-likeness (QED) is 0.604. The van der Waals surface area contributed by atoms with Gasteiger partial charge < -0.3 is 9.84 Å². The second-order valence-corrected chi connectivity index (χ2v) is 4.39. The van der Waals surface area contributed by atoms with Crippen molar-refractivity contribution in [3.8, 4) is 0 Å². The zero-order chi connectivity index (χ0) is 10.6. The van der Waals surface area contributed by atoms with Gasteiger partial charge in [0.1, 0.15) is 0 Å². The largest absolute Gasteiger partial charge is 0.395 e. The Morgan fingerprint density at radius 2 is 1.73 bits per heavy atom. The van der Waals surface area contributed by atoms with Gasteiger partial charge in [-0.15, -0.1) is 0 Å². The smallest absolute Gasteiger partial charge is 0.235 e. The van der Waals surface area contributed by atoms with E-state index in [1.165, 1.54) is 4.90 Å². The van der Waals surface area contributed by atoms with Crippen LogP contribution < -0.4 is 0 Å². The van der Waals surface area contributed by atoms with Crippen LogP contribution in [0.15, 0.2) is 0 Å². The minimum absolute atomic E-state index is 0.0554. The summed E-state index contributed by atoms with van der Waals surface area (Å²) in [4.78, 5) is 25.0. The summed E-state index contributed by atoms with van der Waals surface area (Å²) in [5, 5.41) is 8.80. The molecule has 3 aliphatic rings. The number of fused-ring (bicyclic) bond motifs is 5. The van der Waals surface area contributed by atoms with Crippen LogP contribution in [0, 0.1) is 11.8 Å². The number of β-amino-alcohol motifs (C(OH)–C–C–N with tert-alkyl or cyclic N) is 1. The van der Waals surface area contributed by atoms with Gasteiger partial charge in [-0.1, -0.05) is 0 Å². The van der Waals surface area contributed by atoms with Crippen LogP contribution in [0.25, 0.3) is 0 Å². The Balaban J connectivity index is 1.90. The van der Waals surface area contributed by atoms with Crippen molar-refractivity contribution in [1.82, 2.24) is 4.90 Å². The zero-order valence-electron chi connectivity index (χ0n) is 8.26. The van der Waals surface area contributed by atoms with E-state index >= 15 is 0 Å². The molecule has 2 bridgehead atoms. The molecule has 2 amide bonds. The molecule has 5 nitrogen and oxygen atoms in total. The van der Waals surface area contributed by atoms with Gasteiger partial charge in [0.25, 0.3) is 0 Å². The van der Waals surface area contributed by atoms with Crippen LogP contribution in [0.3, 0.4) is 0 Å². The van der Waals surface area contributed by atoms with E-state index in [1.807, 2.05) is 0 Å². The highest BCUT2D eigenvalue weighted by Gasteiger charge is 2.62. The van der Waals surface area contributed by atoms with E-state index < -0.39 is 0 Å². The molecule has 2 unspecified atom stereocenters. The topological polar surface area (TPSA) is 66.8 Å². The molecule has 0 aromatic rings. The van der Waals surface area contributed by atoms with Gasteiger partial charge in [-0.2, -0.15) is 0 Å². The Labute approximate surface area is 87.0 Å². The predicted molar refractivity (Wildman–Crippen MR) is 48.7 cm³/mol. The Hall–Kier alpha value is -0.940. The van der Waals surface area contributed by atoms with Gasteiger partial charge in [0, 0.05) is 0 Å². The number of hydrogen-bond donors (Lipinski definition) is 1. The van der Waals surface area contributed by atoms with Crippen molar-refractivity contribution >= 4 is 11.8 Å². The fourth-order valence-electron chi connectivity index (χ4n) is 3.09. The highest BCUT2D eigenvalue weighted by Crippen LogP contribution is 2.48. The van der Waals surface area contributed by atoms with Crippen molar-refractivity contribution in [2.45, 2.75) is 25.0 Å². The van der Waals surface area contributed by atoms with E-state index in [0.717, 1.165) is 12.8 Å². The third kappa shape index (κ3) is 1.05. The average molecular weight is 211 g/mol. The van der Waals surface area contributed by atoms with E-state index in [2.05, 4.69) is 0 Å². The number of hydrogen-bond acceptors (Lipinski definition) is 4. The van der Waals surface area contributed by atoms with Gasteiger partial charge in [-0.25, -0.2) is 0 Å². The summed E-state index contributed by atoms with van der Waals surface area (Å²) in [6, 6.07) is 0. The van der Waals surface area contributed by atoms with E-state index in [4.69, 9.17) is 9.84 Å². The number of aliphatic hydroxyl groups excluding tert-OH is 1. The summed E-state index contributed by atoms with van der Waals surface area (Å²) in [7, 11) is 0. The molecule has 0 radical (unpaired) electrons. The first-order valence-corrected chi connectivity index (χ1v) is 5.35. The van der Waals surface area contributed by atoms with Crippen molar-refractivity contribution in [2.24, 2.45) is 11.8 Å². The van der Waals surface area contributed by atoms with Crippen LogP contribution in [0.4, 0.5) is 0 Å². The van der Waals surface area contributed by atoms with Gasteiger partial charge in [0.2, 0.25) is 11.8 Å². The first-order chi connectivity index (χ1) is 7.24. The molecule has 3 aliphatic heterocycles. The van der Waals surface area contributed by atoms with Crippen molar-refractivity contribution < 1.29 is 19.4 Å². The molecule has 3 fully saturated rings. The normalized spacial score (nSPS) is 42.9. The minimum atomic E-state index is -0.261. The highest BCUT2D eigenvalue weighted by molar-refractivity contribution is 6.06. The molecule has 0 saturated carbocycles. The first-order valence-electron chi connectivity index (χ1n) is 5.35. The van der Waals surface area contributed by atoms with Crippen LogP contribution >= 0.6 is 0 Å². The number of rotatable bonds is 2. The number of amides is 2. The van der Waals surface area contributed by atoms with Gasteiger partial charge in [0.05, 0.1) is 37.2 Å². The van der Waals surface area contributed by atoms with Gasteiger partial charge in [0.15, 0.2) is 0 Å². The molecule has 1 N–H and O–H groups in total. The second-order valence-electron chi connectivity index (χ2n) is 4.39. The number of ether oxygens (including phenoxy) is 1. The lowest BCUT2D eigenvalue weighted by Crippen LogP contribution is -2.36. The van der Waals surface area contributed by atoms with Crippen LogP contribution in [0.2, 0.25) is 0 Å². The maximum absolute atomic E-state index is 11.9. The molecule has 0 aromatic carbocycles. The second kappa shape index (κ2) is 3.02. The van der Waals surface area contributed by atoms with E-state index in [1.54, 1.807) is 0 Å². The summed E-state index contributed by atoms with van der Waals surface area (Å²) in [6.07, 6.45) is 1.66. The minimum Gasteiger partial charge on any atom is -0.395 e. The predicted octanol–water partition coefficient (Wildman–Crippen LogP) is -0.859. The van der Waals surface area contributed by atoms with Crippen LogP contribution in [-0.4, -0.2) is 47.2 Å². The van der Waals surface area contributed by atoms with E-state index in [-0.39, 0.29) is 49.0 Å². The fourth-order valence-corrected chi connectivity index (χ4v) is 3.09. The molecular weight excluding hydrogens is 198 g/mol. The SMILES string of the molecule is O=C1C2C(C(=O)N1CCO)[C@H]1CC[C@H]2O1. The lowest BCUT2D eigenvalue weighted by molar-refractivity contribution is -0.143. The van der Waals surface area contributed by atoms with Gasteiger partial charge in [-0.05, 0) is 12.8 Å². The summed E-state index contributed by atoms with van der Waals surface area (Å²) in [5.41, 5.74) is 0. The standard InChI is InChI=1S/C10H13NO4/c12-4-3-11-9(13)7-5-1-2-6(15-5)8(7)10(11)14/h5-8,12H,1-4H2/t5-,6-,7?,8?/m1/s1. The molecule has 5 heteroatoms. The van der Waals surface area contributed by atoms with Crippen molar-refractivity contribution in [3.05, 3.63) is 0 Å². The maximum Gasteiger partial charge on any atom is 0.235 e. The molecule has 0 spiro atoms. The molecule has 3 heterocycles. The van der Waals surface area contributed by atoms with Crippen molar-refractivity contribution in [3.63, 3.8) is 0 Å². The number of imide groups is 1. The van der Waals surface area contributed by atoms with E-state index in [9.17, 15) is 9.59 Å². The molecule has 82 valence electrons. The summed E-state index contributed by atoms with van der Waals surface area (Å²) >= 11 is 0. The van der Waals surface area contributed by atoms with Gasteiger partial charge in [-0.3, -0.25) is 14.5 Å². The molecule has 3 saturated heterocycles. The molecule has 0 aliphatic carbocycles. The van der Waals surface area contributed by atoms with Gasteiger partial charge >= 0.3 is 0 Å². The lowest BCUT2D eigenvalue weighted by atomic mass is 9.81. The van der Waals surface area contributed by atoms with E-state index in [0.29, 0.717) is 0 Å². The molecule has 15 heavy (non-hydrogen) atoms.